The Morgan fingerprint density at radius 2 is 2.05 bits per heavy atom. The predicted molar refractivity (Wildman–Crippen MR) is 75.1 cm³/mol. The number of nitrogens with zero attached hydrogens (tertiary/aromatic N) is 2. The summed E-state index contributed by atoms with van der Waals surface area (Å²) in [6, 6.07) is 10.3. The zero-order valence-electron chi connectivity index (χ0n) is 11.8. The van der Waals surface area contributed by atoms with Gasteiger partial charge in [0.1, 0.15) is 5.76 Å². The van der Waals surface area contributed by atoms with Crippen LogP contribution in [0.1, 0.15) is 33.3 Å². The van der Waals surface area contributed by atoms with E-state index in [-0.39, 0.29) is 5.91 Å². The Hall–Kier alpha value is -2.54. The van der Waals surface area contributed by atoms with E-state index in [9.17, 15) is 10.1 Å². The summed E-state index contributed by atoms with van der Waals surface area (Å²) in [6.07, 6.45) is 1.49. The highest BCUT2D eigenvalue weighted by atomic mass is 16.3. The molecule has 0 N–H and O–H groups in total. The van der Waals surface area contributed by atoms with E-state index in [1.807, 2.05) is 26.0 Å². The Labute approximate surface area is 118 Å². The number of hydrogen-bond donors (Lipinski definition) is 0. The zero-order chi connectivity index (χ0) is 14.7. The SMILES string of the molecule is Cc1ccc(C(=O)N(C)C(C#N)c2ccco2)cc1C. The van der Waals surface area contributed by atoms with Crippen molar-refractivity contribution >= 4 is 5.91 Å². The molecular weight excluding hydrogens is 252 g/mol. The molecule has 1 heterocycles. The normalized spacial score (nSPS) is 11.7. The average molecular weight is 268 g/mol. The number of carbonyl (C=O) groups excluding carboxylic acids is 1. The number of aryl methyl sites for hydroxylation is 2. The first-order valence-electron chi connectivity index (χ1n) is 6.32. The van der Waals surface area contributed by atoms with Gasteiger partial charge in [-0.15, -0.1) is 0 Å². The van der Waals surface area contributed by atoms with Crippen molar-refractivity contribution in [3.8, 4) is 6.07 Å². The molecule has 0 bridgehead atoms. The smallest absolute Gasteiger partial charge is 0.255 e. The summed E-state index contributed by atoms with van der Waals surface area (Å²) < 4.78 is 5.22. The summed E-state index contributed by atoms with van der Waals surface area (Å²) in [6.45, 7) is 3.95. The van der Waals surface area contributed by atoms with Crippen molar-refractivity contribution in [1.29, 1.82) is 5.26 Å². The number of hydrogen-bond acceptors (Lipinski definition) is 3. The third-order valence-electron chi connectivity index (χ3n) is 3.40. The first-order valence-corrected chi connectivity index (χ1v) is 6.32. The van der Waals surface area contributed by atoms with Crippen LogP contribution >= 0.6 is 0 Å². The molecule has 102 valence electrons. The third-order valence-corrected chi connectivity index (χ3v) is 3.40. The van der Waals surface area contributed by atoms with Gasteiger partial charge < -0.3 is 9.32 Å². The topological polar surface area (TPSA) is 57.2 Å². The number of benzene rings is 1. The van der Waals surface area contributed by atoms with Gasteiger partial charge in [0, 0.05) is 12.6 Å². The van der Waals surface area contributed by atoms with Gasteiger partial charge in [0.25, 0.3) is 5.91 Å². The maximum Gasteiger partial charge on any atom is 0.255 e. The number of furan rings is 1. The molecule has 0 radical (unpaired) electrons. The van der Waals surface area contributed by atoms with Gasteiger partial charge in [-0.2, -0.15) is 5.26 Å². The zero-order valence-corrected chi connectivity index (χ0v) is 11.8. The molecule has 0 aliphatic heterocycles. The highest BCUT2D eigenvalue weighted by Gasteiger charge is 2.24. The van der Waals surface area contributed by atoms with E-state index < -0.39 is 6.04 Å². The highest BCUT2D eigenvalue weighted by molar-refractivity contribution is 5.94. The Morgan fingerprint density at radius 3 is 2.60 bits per heavy atom. The molecule has 0 saturated heterocycles. The molecular formula is C16H16N2O2. The van der Waals surface area contributed by atoms with Gasteiger partial charge in [0.15, 0.2) is 6.04 Å². The fraction of sp³-hybridized carbons (Fsp3) is 0.250. The summed E-state index contributed by atoms with van der Waals surface area (Å²) in [5.41, 5.74) is 2.75. The Kier molecular flexibility index (Phi) is 3.90. The van der Waals surface area contributed by atoms with E-state index in [1.54, 1.807) is 25.2 Å². The lowest BCUT2D eigenvalue weighted by Crippen LogP contribution is -2.30. The van der Waals surface area contributed by atoms with Crippen LogP contribution in [0.15, 0.2) is 41.0 Å². The van der Waals surface area contributed by atoms with E-state index in [0.717, 1.165) is 11.1 Å². The van der Waals surface area contributed by atoms with Crippen molar-refractivity contribution in [2.45, 2.75) is 19.9 Å². The molecule has 4 heteroatoms. The fourth-order valence-corrected chi connectivity index (χ4v) is 1.98. The van der Waals surface area contributed by atoms with Crippen LogP contribution in [0.25, 0.3) is 0 Å². The minimum absolute atomic E-state index is 0.198. The molecule has 1 aromatic heterocycles. The number of nitriles is 1. The van der Waals surface area contributed by atoms with Gasteiger partial charge >= 0.3 is 0 Å². The van der Waals surface area contributed by atoms with E-state index >= 15 is 0 Å². The molecule has 0 fully saturated rings. The largest absolute Gasteiger partial charge is 0.466 e. The molecule has 0 aliphatic carbocycles. The molecule has 0 aliphatic rings. The van der Waals surface area contributed by atoms with Crippen LogP contribution in [0.3, 0.4) is 0 Å². The minimum Gasteiger partial charge on any atom is -0.466 e. The lowest BCUT2D eigenvalue weighted by molar-refractivity contribution is 0.0750. The van der Waals surface area contributed by atoms with Crippen molar-refractivity contribution < 1.29 is 9.21 Å². The van der Waals surface area contributed by atoms with Crippen LogP contribution < -0.4 is 0 Å². The summed E-state index contributed by atoms with van der Waals surface area (Å²) in [7, 11) is 1.61. The molecule has 1 unspecified atom stereocenters. The molecule has 20 heavy (non-hydrogen) atoms. The van der Waals surface area contributed by atoms with Gasteiger partial charge in [-0.05, 0) is 49.2 Å². The van der Waals surface area contributed by atoms with Crippen molar-refractivity contribution in [2.24, 2.45) is 0 Å². The maximum absolute atomic E-state index is 12.4. The molecule has 2 aromatic rings. The second kappa shape index (κ2) is 5.62. The lowest BCUT2D eigenvalue weighted by Gasteiger charge is -2.21. The van der Waals surface area contributed by atoms with Gasteiger partial charge in [-0.25, -0.2) is 0 Å². The molecule has 4 nitrogen and oxygen atoms in total. The van der Waals surface area contributed by atoms with E-state index in [2.05, 4.69) is 6.07 Å². The minimum atomic E-state index is -0.723. The number of carbonyl (C=O) groups is 1. The fourth-order valence-electron chi connectivity index (χ4n) is 1.98. The molecule has 1 aromatic carbocycles. The summed E-state index contributed by atoms with van der Waals surface area (Å²) in [5, 5.41) is 9.26. The molecule has 0 spiro atoms. The Bertz CT molecular complexity index is 654. The quantitative estimate of drug-likeness (QED) is 0.858. The van der Waals surface area contributed by atoms with Crippen molar-refractivity contribution in [1.82, 2.24) is 4.90 Å². The summed E-state index contributed by atoms with van der Waals surface area (Å²) in [5.74, 6) is 0.267. The molecule has 1 amide bonds. The lowest BCUT2D eigenvalue weighted by atomic mass is 10.0. The van der Waals surface area contributed by atoms with Gasteiger partial charge in [0.05, 0.1) is 12.3 Å². The average Bonchev–Trinajstić information content (AvgIpc) is 2.95. The molecule has 2 rings (SSSR count). The van der Waals surface area contributed by atoms with Gasteiger partial charge in [0.2, 0.25) is 0 Å². The second-order valence-electron chi connectivity index (χ2n) is 4.76. The maximum atomic E-state index is 12.4. The monoisotopic (exact) mass is 268 g/mol. The van der Waals surface area contributed by atoms with Crippen LogP contribution in [-0.4, -0.2) is 17.9 Å². The van der Waals surface area contributed by atoms with Crippen LogP contribution in [-0.2, 0) is 0 Å². The van der Waals surface area contributed by atoms with E-state index in [1.165, 1.54) is 11.2 Å². The third kappa shape index (κ3) is 2.57. The van der Waals surface area contributed by atoms with Crippen LogP contribution in [0.5, 0.6) is 0 Å². The number of amides is 1. The van der Waals surface area contributed by atoms with Crippen LogP contribution in [0.4, 0.5) is 0 Å². The molecule has 1 atom stereocenters. The molecule has 0 saturated carbocycles. The van der Waals surface area contributed by atoms with Gasteiger partial charge in [-0.1, -0.05) is 6.07 Å². The first-order chi connectivity index (χ1) is 9.54. The van der Waals surface area contributed by atoms with Crippen molar-refractivity contribution in [3.05, 3.63) is 59.0 Å². The summed E-state index contributed by atoms with van der Waals surface area (Å²) >= 11 is 0. The first kappa shape index (κ1) is 13.9. The second-order valence-corrected chi connectivity index (χ2v) is 4.76. The van der Waals surface area contributed by atoms with Gasteiger partial charge in [-0.3, -0.25) is 4.79 Å². The highest BCUT2D eigenvalue weighted by Crippen LogP contribution is 2.21. The Morgan fingerprint density at radius 1 is 1.30 bits per heavy atom. The van der Waals surface area contributed by atoms with Crippen LogP contribution in [0.2, 0.25) is 0 Å². The van der Waals surface area contributed by atoms with E-state index in [0.29, 0.717) is 11.3 Å². The Balaban J connectivity index is 2.28. The number of rotatable bonds is 3. The van der Waals surface area contributed by atoms with E-state index in [4.69, 9.17) is 4.42 Å². The standard InChI is InChI=1S/C16H16N2O2/c1-11-6-7-13(9-12(11)2)16(19)18(3)14(10-17)15-5-4-8-20-15/h4-9,14H,1-3H3. The van der Waals surface area contributed by atoms with Crippen molar-refractivity contribution in [2.75, 3.05) is 7.05 Å². The van der Waals surface area contributed by atoms with Crippen molar-refractivity contribution in [3.63, 3.8) is 0 Å². The summed E-state index contributed by atoms with van der Waals surface area (Å²) in [4.78, 5) is 13.8. The predicted octanol–water partition coefficient (Wildman–Crippen LogP) is 3.23. The van der Waals surface area contributed by atoms with Crippen LogP contribution in [0, 0.1) is 25.2 Å².